The van der Waals surface area contributed by atoms with Crippen LogP contribution in [0.4, 0.5) is 0 Å². The topological polar surface area (TPSA) is 16.1 Å². The fourth-order valence-electron chi connectivity index (χ4n) is 3.23. The molecule has 0 amide bonds. The monoisotopic (exact) mass is 266 g/mol. The Morgan fingerprint density at radius 1 is 1.05 bits per heavy atom. The first kappa shape index (κ1) is 13.3. The van der Waals surface area contributed by atoms with Crippen molar-refractivity contribution in [3.05, 3.63) is 66.0 Å². The van der Waals surface area contributed by atoms with E-state index < -0.39 is 0 Å². The SMILES string of the molecule is C[C@@H](c1ccccc1)N1CCCCC1c1ccccn1. The van der Waals surface area contributed by atoms with Gasteiger partial charge < -0.3 is 0 Å². The Hall–Kier alpha value is -1.67. The van der Waals surface area contributed by atoms with Crippen LogP contribution in [0.3, 0.4) is 0 Å². The minimum Gasteiger partial charge on any atom is -0.288 e. The van der Waals surface area contributed by atoms with Gasteiger partial charge in [0, 0.05) is 12.2 Å². The second-order valence-electron chi connectivity index (χ2n) is 5.59. The smallest absolute Gasteiger partial charge is 0.0575 e. The summed E-state index contributed by atoms with van der Waals surface area (Å²) in [6.45, 7) is 3.48. The maximum Gasteiger partial charge on any atom is 0.0575 e. The van der Waals surface area contributed by atoms with Crippen LogP contribution in [-0.4, -0.2) is 16.4 Å². The van der Waals surface area contributed by atoms with E-state index in [0.29, 0.717) is 12.1 Å². The molecule has 0 bridgehead atoms. The number of rotatable bonds is 3. The fraction of sp³-hybridized carbons (Fsp3) is 0.389. The fourth-order valence-corrected chi connectivity index (χ4v) is 3.23. The van der Waals surface area contributed by atoms with Crippen LogP contribution in [0.15, 0.2) is 54.7 Å². The van der Waals surface area contributed by atoms with Gasteiger partial charge in [0.1, 0.15) is 0 Å². The number of benzene rings is 1. The van der Waals surface area contributed by atoms with Gasteiger partial charge in [0.2, 0.25) is 0 Å². The summed E-state index contributed by atoms with van der Waals surface area (Å²) in [4.78, 5) is 7.20. The molecule has 0 N–H and O–H groups in total. The van der Waals surface area contributed by atoms with Crippen molar-refractivity contribution in [2.75, 3.05) is 6.54 Å². The predicted molar refractivity (Wildman–Crippen MR) is 82.4 cm³/mol. The van der Waals surface area contributed by atoms with E-state index in [4.69, 9.17) is 0 Å². The Balaban J connectivity index is 1.86. The number of piperidine rings is 1. The molecule has 1 aromatic carbocycles. The van der Waals surface area contributed by atoms with Crippen LogP contribution in [-0.2, 0) is 0 Å². The van der Waals surface area contributed by atoms with Gasteiger partial charge in [0.05, 0.1) is 11.7 Å². The zero-order valence-corrected chi connectivity index (χ0v) is 12.1. The highest BCUT2D eigenvalue weighted by atomic mass is 15.2. The van der Waals surface area contributed by atoms with Gasteiger partial charge in [-0.1, -0.05) is 42.8 Å². The van der Waals surface area contributed by atoms with Crippen molar-refractivity contribution in [1.29, 1.82) is 0 Å². The molecule has 0 saturated carbocycles. The van der Waals surface area contributed by atoms with Crippen molar-refractivity contribution in [3.63, 3.8) is 0 Å². The average molecular weight is 266 g/mol. The molecule has 2 aromatic rings. The number of hydrogen-bond donors (Lipinski definition) is 0. The summed E-state index contributed by atoms with van der Waals surface area (Å²) in [7, 11) is 0. The van der Waals surface area contributed by atoms with Crippen LogP contribution >= 0.6 is 0 Å². The maximum absolute atomic E-state index is 4.59. The van der Waals surface area contributed by atoms with Crippen molar-refractivity contribution in [3.8, 4) is 0 Å². The molecule has 0 radical (unpaired) electrons. The lowest BCUT2D eigenvalue weighted by Gasteiger charge is -2.39. The molecule has 1 aromatic heterocycles. The third-order valence-corrected chi connectivity index (χ3v) is 4.35. The third kappa shape index (κ3) is 2.75. The maximum atomic E-state index is 4.59. The Morgan fingerprint density at radius 3 is 2.60 bits per heavy atom. The quantitative estimate of drug-likeness (QED) is 0.820. The van der Waals surface area contributed by atoms with Crippen LogP contribution in [0.2, 0.25) is 0 Å². The molecule has 1 aliphatic heterocycles. The minimum atomic E-state index is 0.448. The summed E-state index contributed by atoms with van der Waals surface area (Å²) >= 11 is 0. The average Bonchev–Trinajstić information content (AvgIpc) is 2.56. The van der Waals surface area contributed by atoms with E-state index in [1.807, 2.05) is 12.3 Å². The first-order chi connectivity index (χ1) is 9.86. The number of pyridine rings is 1. The predicted octanol–water partition coefficient (Wildman–Crippen LogP) is 4.37. The highest BCUT2D eigenvalue weighted by Gasteiger charge is 2.28. The van der Waals surface area contributed by atoms with E-state index in [9.17, 15) is 0 Å². The highest BCUT2D eigenvalue weighted by molar-refractivity contribution is 5.20. The van der Waals surface area contributed by atoms with E-state index in [0.717, 1.165) is 6.54 Å². The molecule has 1 aliphatic rings. The summed E-state index contributed by atoms with van der Waals surface area (Å²) in [5, 5.41) is 0. The summed E-state index contributed by atoms with van der Waals surface area (Å²) in [5.74, 6) is 0. The normalized spacial score (nSPS) is 21.6. The standard InChI is InChI=1S/C18H22N2/c1-15(16-9-3-2-4-10-16)20-14-8-6-12-18(20)17-11-5-7-13-19-17/h2-5,7,9-11,13,15,18H,6,8,12,14H2,1H3/t15-,18?/m0/s1. The number of nitrogens with zero attached hydrogens (tertiary/aromatic N) is 2. The minimum absolute atomic E-state index is 0.448. The third-order valence-electron chi connectivity index (χ3n) is 4.35. The molecule has 0 spiro atoms. The first-order valence-electron chi connectivity index (χ1n) is 7.58. The van der Waals surface area contributed by atoms with Crippen LogP contribution in [0.5, 0.6) is 0 Å². The first-order valence-corrected chi connectivity index (χ1v) is 7.58. The number of likely N-dealkylation sites (tertiary alicyclic amines) is 1. The van der Waals surface area contributed by atoms with Gasteiger partial charge in [-0.25, -0.2) is 0 Å². The second-order valence-corrected chi connectivity index (χ2v) is 5.59. The van der Waals surface area contributed by atoms with Gasteiger partial charge in [-0.3, -0.25) is 9.88 Å². The van der Waals surface area contributed by atoms with E-state index >= 15 is 0 Å². The summed E-state index contributed by atoms with van der Waals surface area (Å²) in [5.41, 5.74) is 2.62. The van der Waals surface area contributed by atoms with E-state index in [-0.39, 0.29) is 0 Å². The van der Waals surface area contributed by atoms with Crippen LogP contribution in [0, 0.1) is 0 Å². The molecule has 104 valence electrons. The molecule has 0 aliphatic carbocycles. The van der Waals surface area contributed by atoms with Crippen molar-refractivity contribution in [1.82, 2.24) is 9.88 Å². The molecule has 2 atom stereocenters. The van der Waals surface area contributed by atoms with Crippen molar-refractivity contribution in [2.45, 2.75) is 38.3 Å². The lowest BCUT2D eigenvalue weighted by molar-refractivity contribution is 0.100. The second kappa shape index (κ2) is 6.19. The van der Waals surface area contributed by atoms with E-state index in [2.05, 4.69) is 59.3 Å². The molecule has 1 saturated heterocycles. The van der Waals surface area contributed by atoms with Crippen molar-refractivity contribution in [2.24, 2.45) is 0 Å². The van der Waals surface area contributed by atoms with Crippen molar-refractivity contribution < 1.29 is 0 Å². The van der Waals surface area contributed by atoms with Crippen molar-refractivity contribution >= 4 is 0 Å². The van der Waals surface area contributed by atoms with Gasteiger partial charge in [-0.15, -0.1) is 0 Å². The summed E-state index contributed by atoms with van der Waals surface area (Å²) in [6, 6.07) is 18.0. The lowest BCUT2D eigenvalue weighted by Crippen LogP contribution is -2.35. The Labute approximate surface area is 121 Å². The number of hydrogen-bond acceptors (Lipinski definition) is 2. The van der Waals surface area contributed by atoms with E-state index in [1.54, 1.807) is 0 Å². The highest BCUT2D eigenvalue weighted by Crippen LogP contribution is 2.36. The Bertz CT molecular complexity index is 524. The van der Waals surface area contributed by atoms with Crippen LogP contribution in [0.1, 0.15) is 49.5 Å². The van der Waals surface area contributed by atoms with E-state index in [1.165, 1.54) is 30.5 Å². The molecule has 3 rings (SSSR count). The molecular weight excluding hydrogens is 244 g/mol. The summed E-state index contributed by atoms with van der Waals surface area (Å²) in [6.07, 6.45) is 5.73. The van der Waals surface area contributed by atoms with Gasteiger partial charge in [-0.05, 0) is 44.0 Å². The molecule has 1 unspecified atom stereocenters. The largest absolute Gasteiger partial charge is 0.288 e. The molecule has 2 nitrogen and oxygen atoms in total. The molecule has 2 heterocycles. The van der Waals surface area contributed by atoms with Gasteiger partial charge in [0.25, 0.3) is 0 Å². The lowest BCUT2D eigenvalue weighted by atomic mass is 9.95. The number of aromatic nitrogens is 1. The zero-order valence-electron chi connectivity index (χ0n) is 12.1. The molecule has 20 heavy (non-hydrogen) atoms. The summed E-state index contributed by atoms with van der Waals surface area (Å²) < 4.78 is 0. The van der Waals surface area contributed by atoms with Gasteiger partial charge in [-0.2, -0.15) is 0 Å². The molecule has 2 heteroatoms. The molecule has 1 fully saturated rings. The van der Waals surface area contributed by atoms with Gasteiger partial charge >= 0.3 is 0 Å². The molecular formula is C18H22N2. The zero-order chi connectivity index (χ0) is 13.8. The Kier molecular flexibility index (Phi) is 4.12. The van der Waals surface area contributed by atoms with Crippen LogP contribution < -0.4 is 0 Å². The Morgan fingerprint density at radius 2 is 1.85 bits per heavy atom. The van der Waals surface area contributed by atoms with Crippen LogP contribution in [0.25, 0.3) is 0 Å². The van der Waals surface area contributed by atoms with Gasteiger partial charge in [0.15, 0.2) is 0 Å².